The van der Waals surface area contributed by atoms with E-state index in [1.54, 1.807) is 36.4 Å². The van der Waals surface area contributed by atoms with Crippen LogP contribution in [0.4, 0.5) is 17.4 Å². The summed E-state index contributed by atoms with van der Waals surface area (Å²) in [5.74, 6) is 0.152. The molecule has 0 radical (unpaired) electrons. The molecule has 38 heavy (non-hydrogen) atoms. The third kappa shape index (κ3) is 6.10. The zero-order valence-corrected chi connectivity index (χ0v) is 20.5. The molecule has 3 aromatic carbocycles. The predicted octanol–water partition coefficient (Wildman–Crippen LogP) is 4.95. The third-order valence-corrected chi connectivity index (χ3v) is 5.16. The molecule has 0 saturated heterocycles. The lowest BCUT2D eigenvalue weighted by Gasteiger charge is -2.12. The summed E-state index contributed by atoms with van der Waals surface area (Å²) >= 11 is 0. The number of aromatic nitrogens is 2. The van der Waals surface area contributed by atoms with Gasteiger partial charge in [-0.15, -0.1) is 5.10 Å². The predicted molar refractivity (Wildman–Crippen MR) is 138 cm³/mol. The second-order valence-electron chi connectivity index (χ2n) is 7.73. The van der Waals surface area contributed by atoms with Crippen LogP contribution in [0.25, 0.3) is 11.5 Å². The third-order valence-electron chi connectivity index (χ3n) is 5.16. The van der Waals surface area contributed by atoms with Crippen LogP contribution in [0.1, 0.15) is 34.6 Å². The molecular weight excluding hydrogens is 494 g/mol. The minimum atomic E-state index is -0.542. The number of benzene rings is 3. The molecule has 0 spiro atoms. The fourth-order valence-corrected chi connectivity index (χ4v) is 3.42. The summed E-state index contributed by atoms with van der Waals surface area (Å²) < 4.78 is 16.6. The van der Waals surface area contributed by atoms with Gasteiger partial charge in [0.25, 0.3) is 17.5 Å². The average molecular weight is 517 g/mol. The zero-order valence-electron chi connectivity index (χ0n) is 20.5. The first-order valence-corrected chi connectivity index (χ1v) is 11.6. The Hall–Kier alpha value is -5.26. The van der Waals surface area contributed by atoms with E-state index in [0.717, 1.165) is 0 Å². The van der Waals surface area contributed by atoms with Gasteiger partial charge in [0.05, 0.1) is 18.1 Å². The van der Waals surface area contributed by atoms with Crippen molar-refractivity contribution in [3.05, 3.63) is 88.0 Å². The van der Waals surface area contributed by atoms with E-state index < -0.39 is 16.7 Å². The maximum atomic E-state index is 12.8. The maximum Gasteiger partial charge on any atom is 0.322 e. The topological polar surface area (TPSA) is 159 Å². The van der Waals surface area contributed by atoms with Crippen molar-refractivity contribution in [2.45, 2.75) is 13.8 Å². The van der Waals surface area contributed by atoms with Crippen molar-refractivity contribution in [3.8, 4) is 23.0 Å². The lowest BCUT2D eigenvalue weighted by Crippen LogP contribution is -2.15. The SMILES string of the molecule is CCOc1ccc(C(=O)Nc2cccc(C(=O)Nc3nnc(-c4ccc([N+](=O)[O-])cc4)o3)c2)cc1OCC. The highest BCUT2D eigenvalue weighted by atomic mass is 16.6. The van der Waals surface area contributed by atoms with E-state index >= 15 is 0 Å². The number of anilines is 2. The van der Waals surface area contributed by atoms with Crippen molar-refractivity contribution >= 4 is 29.2 Å². The van der Waals surface area contributed by atoms with Gasteiger partial charge < -0.3 is 19.2 Å². The van der Waals surface area contributed by atoms with Gasteiger partial charge in [-0.1, -0.05) is 11.2 Å². The molecule has 0 aliphatic carbocycles. The molecule has 0 unspecified atom stereocenters. The van der Waals surface area contributed by atoms with Crippen molar-refractivity contribution in [2.24, 2.45) is 0 Å². The van der Waals surface area contributed by atoms with Gasteiger partial charge in [-0.25, -0.2) is 0 Å². The Labute approximate surface area is 216 Å². The van der Waals surface area contributed by atoms with Gasteiger partial charge in [-0.2, -0.15) is 0 Å². The minimum Gasteiger partial charge on any atom is -0.490 e. The number of ether oxygens (including phenoxy) is 2. The largest absolute Gasteiger partial charge is 0.490 e. The van der Waals surface area contributed by atoms with E-state index in [2.05, 4.69) is 20.8 Å². The molecule has 2 amide bonds. The van der Waals surface area contributed by atoms with E-state index in [1.807, 2.05) is 13.8 Å². The van der Waals surface area contributed by atoms with Gasteiger partial charge in [0.15, 0.2) is 11.5 Å². The van der Waals surface area contributed by atoms with Gasteiger partial charge in [0, 0.05) is 34.5 Å². The van der Waals surface area contributed by atoms with Crippen molar-refractivity contribution in [1.29, 1.82) is 0 Å². The lowest BCUT2D eigenvalue weighted by atomic mass is 10.1. The van der Waals surface area contributed by atoms with Gasteiger partial charge in [0.2, 0.25) is 5.89 Å². The van der Waals surface area contributed by atoms with Crippen LogP contribution in [0.5, 0.6) is 11.5 Å². The number of nitro groups is 1. The number of nitrogens with one attached hydrogen (secondary N) is 2. The number of hydrogen-bond donors (Lipinski definition) is 2. The Kier molecular flexibility index (Phi) is 7.92. The van der Waals surface area contributed by atoms with E-state index in [0.29, 0.717) is 41.5 Å². The van der Waals surface area contributed by atoms with E-state index in [9.17, 15) is 19.7 Å². The quantitative estimate of drug-likeness (QED) is 0.219. The zero-order chi connectivity index (χ0) is 27.1. The molecule has 2 N–H and O–H groups in total. The highest BCUT2D eigenvalue weighted by Crippen LogP contribution is 2.29. The Bertz CT molecular complexity index is 1470. The van der Waals surface area contributed by atoms with Crippen LogP contribution >= 0.6 is 0 Å². The van der Waals surface area contributed by atoms with Crippen LogP contribution in [0.3, 0.4) is 0 Å². The van der Waals surface area contributed by atoms with Gasteiger partial charge in [0.1, 0.15) is 0 Å². The fraction of sp³-hybridized carbons (Fsp3) is 0.154. The number of amides is 2. The van der Waals surface area contributed by atoms with Gasteiger partial charge in [-0.3, -0.25) is 25.0 Å². The molecule has 0 aliphatic heterocycles. The molecule has 0 aliphatic rings. The highest BCUT2D eigenvalue weighted by molar-refractivity contribution is 6.07. The molecule has 0 fully saturated rings. The van der Waals surface area contributed by atoms with Crippen molar-refractivity contribution in [1.82, 2.24) is 10.2 Å². The average Bonchev–Trinajstić information content (AvgIpc) is 3.38. The molecule has 194 valence electrons. The summed E-state index contributed by atoms with van der Waals surface area (Å²) in [4.78, 5) is 35.9. The van der Waals surface area contributed by atoms with Crippen molar-refractivity contribution < 1.29 is 28.4 Å². The summed E-state index contributed by atoms with van der Waals surface area (Å²) in [6.45, 7) is 4.57. The minimum absolute atomic E-state index is 0.0778. The highest BCUT2D eigenvalue weighted by Gasteiger charge is 2.16. The summed E-state index contributed by atoms with van der Waals surface area (Å²) in [6.07, 6.45) is 0. The summed E-state index contributed by atoms with van der Waals surface area (Å²) in [5.41, 5.74) is 1.36. The Morgan fingerprint density at radius 2 is 1.55 bits per heavy atom. The molecule has 1 aromatic heterocycles. The Morgan fingerprint density at radius 1 is 0.868 bits per heavy atom. The Morgan fingerprint density at radius 3 is 2.26 bits per heavy atom. The molecule has 0 atom stereocenters. The first-order valence-electron chi connectivity index (χ1n) is 11.6. The maximum absolute atomic E-state index is 12.8. The van der Waals surface area contributed by atoms with Crippen LogP contribution in [-0.2, 0) is 0 Å². The van der Waals surface area contributed by atoms with Gasteiger partial charge in [-0.05, 0) is 62.4 Å². The van der Waals surface area contributed by atoms with Crippen molar-refractivity contribution in [3.63, 3.8) is 0 Å². The van der Waals surface area contributed by atoms with E-state index in [-0.39, 0.29) is 23.2 Å². The fourth-order valence-electron chi connectivity index (χ4n) is 3.42. The monoisotopic (exact) mass is 517 g/mol. The number of carbonyl (C=O) groups excluding carboxylic acids is 2. The van der Waals surface area contributed by atoms with Crippen LogP contribution in [-0.4, -0.2) is 40.1 Å². The number of carbonyl (C=O) groups is 2. The van der Waals surface area contributed by atoms with E-state index in [4.69, 9.17) is 13.9 Å². The second-order valence-corrected chi connectivity index (χ2v) is 7.73. The lowest BCUT2D eigenvalue weighted by molar-refractivity contribution is -0.384. The van der Waals surface area contributed by atoms with E-state index in [1.165, 1.54) is 30.3 Å². The standard InChI is InChI=1S/C26H23N5O7/c1-3-36-21-13-10-18(15-22(21)37-4-2)23(32)27-19-7-5-6-17(14-19)24(33)28-26-30-29-25(38-26)16-8-11-20(12-9-16)31(34)35/h5-15H,3-4H2,1-2H3,(H,27,32)(H,28,30,33). The molecule has 12 nitrogen and oxygen atoms in total. The molecule has 1 heterocycles. The smallest absolute Gasteiger partial charge is 0.322 e. The van der Waals surface area contributed by atoms with Crippen LogP contribution < -0.4 is 20.1 Å². The number of hydrogen-bond acceptors (Lipinski definition) is 9. The molecular formula is C26H23N5O7. The number of nitro benzene ring substituents is 1. The number of rotatable bonds is 10. The van der Waals surface area contributed by atoms with Crippen LogP contribution in [0.15, 0.2) is 71.1 Å². The molecule has 4 rings (SSSR count). The molecule has 4 aromatic rings. The Balaban J connectivity index is 1.43. The first-order chi connectivity index (χ1) is 18.4. The second kappa shape index (κ2) is 11.6. The number of non-ortho nitro benzene ring substituents is 1. The van der Waals surface area contributed by atoms with Gasteiger partial charge >= 0.3 is 6.01 Å². The van der Waals surface area contributed by atoms with Crippen molar-refractivity contribution in [2.75, 3.05) is 23.8 Å². The molecule has 0 bridgehead atoms. The normalized spacial score (nSPS) is 10.5. The first kappa shape index (κ1) is 25.8. The number of nitrogens with zero attached hydrogens (tertiary/aromatic N) is 3. The summed E-state index contributed by atoms with van der Waals surface area (Å²) in [7, 11) is 0. The van der Waals surface area contributed by atoms with Crippen LogP contribution in [0.2, 0.25) is 0 Å². The summed E-state index contributed by atoms with van der Waals surface area (Å²) in [5, 5.41) is 23.7. The van der Waals surface area contributed by atoms with Crippen LogP contribution in [0, 0.1) is 10.1 Å². The summed E-state index contributed by atoms with van der Waals surface area (Å²) in [6, 6.07) is 16.6. The molecule has 12 heteroatoms. The molecule has 0 saturated carbocycles.